The Labute approximate surface area is 159 Å². The highest BCUT2D eigenvalue weighted by Crippen LogP contribution is 2.44. The van der Waals surface area contributed by atoms with Crippen LogP contribution in [0.1, 0.15) is 28.4 Å². The highest BCUT2D eigenvalue weighted by atomic mass is 79.9. The highest BCUT2D eigenvalue weighted by molar-refractivity contribution is 9.10. The van der Waals surface area contributed by atoms with Crippen LogP contribution in [0.25, 0.3) is 5.76 Å². The van der Waals surface area contributed by atoms with Crippen molar-refractivity contribution in [3.8, 4) is 6.07 Å². The van der Waals surface area contributed by atoms with E-state index in [0.29, 0.717) is 16.4 Å². The second kappa shape index (κ2) is 7.30. The van der Waals surface area contributed by atoms with Gasteiger partial charge in [-0.2, -0.15) is 5.26 Å². The van der Waals surface area contributed by atoms with Crippen molar-refractivity contribution in [3.05, 3.63) is 85.3 Å². The maximum Gasteiger partial charge on any atom is 0.207 e. The summed E-state index contributed by atoms with van der Waals surface area (Å²) in [6.45, 7) is 3.87. The number of aryl methyl sites for hydroxylation is 1. The molecule has 3 rings (SSSR count). The third-order valence-corrected chi connectivity index (χ3v) is 5.22. The van der Waals surface area contributed by atoms with Gasteiger partial charge in [0.1, 0.15) is 17.4 Å². The summed E-state index contributed by atoms with van der Waals surface area (Å²) in [5, 5.41) is 9.84. The molecule has 0 fully saturated rings. The summed E-state index contributed by atoms with van der Waals surface area (Å²) in [6, 6.07) is 16.9. The molecule has 25 heavy (non-hydrogen) atoms. The van der Waals surface area contributed by atoms with Crippen LogP contribution in [0.2, 0.25) is 0 Å². The number of rotatable bonds is 3. The molecule has 0 unspecified atom stereocenters. The fraction of sp³-hybridized carbons (Fsp3) is 0.100. The number of ketones is 1. The minimum absolute atomic E-state index is 0.0281. The number of carbonyl (C=O) groups is 1. The van der Waals surface area contributed by atoms with E-state index >= 15 is 0 Å². The van der Waals surface area contributed by atoms with Gasteiger partial charge in [-0.25, -0.2) is 0 Å². The van der Waals surface area contributed by atoms with E-state index in [9.17, 15) is 10.1 Å². The molecule has 2 aromatic carbocycles. The second-order valence-electron chi connectivity index (χ2n) is 5.57. The van der Waals surface area contributed by atoms with Crippen LogP contribution >= 0.6 is 27.7 Å². The number of ether oxygens (including phenoxy) is 1. The zero-order valence-electron chi connectivity index (χ0n) is 13.7. The Balaban J connectivity index is 1.92. The van der Waals surface area contributed by atoms with Crippen LogP contribution in [-0.2, 0) is 4.74 Å². The van der Waals surface area contributed by atoms with Crippen molar-refractivity contribution in [1.29, 1.82) is 5.26 Å². The van der Waals surface area contributed by atoms with Crippen molar-refractivity contribution < 1.29 is 9.53 Å². The van der Waals surface area contributed by atoms with Crippen molar-refractivity contribution in [3.63, 3.8) is 0 Å². The van der Waals surface area contributed by atoms with Gasteiger partial charge in [0.2, 0.25) is 5.78 Å². The summed E-state index contributed by atoms with van der Waals surface area (Å²) in [6.07, 6.45) is 0. The molecule has 0 spiro atoms. The Kier molecular flexibility index (Phi) is 5.12. The van der Waals surface area contributed by atoms with Gasteiger partial charge in [-0.3, -0.25) is 4.79 Å². The number of hydrogen-bond donors (Lipinski definition) is 0. The number of thioether (sulfide) groups is 1. The topological polar surface area (TPSA) is 50.1 Å². The quantitative estimate of drug-likeness (QED) is 0.362. The average Bonchev–Trinajstić information content (AvgIpc) is 2.98. The van der Waals surface area contributed by atoms with Crippen molar-refractivity contribution in [2.24, 2.45) is 0 Å². The van der Waals surface area contributed by atoms with Crippen LogP contribution in [0.15, 0.2) is 68.6 Å². The molecule has 0 atom stereocenters. The van der Waals surface area contributed by atoms with Crippen molar-refractivity contribution >= 4 is 39.2 Å². The zero-order chi connectivity index (χ0) is 18.0. The Hall–Kier alpha value is -2.29. The van der Waals surface area contributed by atoms with E-state index in [2.05, 4.69) is 15.9 Å². The third kappa shape index (κ3) is 3.71. The summed E-state index contributed by atoms with van der Waals surface area (Å²) in [7, 11) is 0. The zero-order valence-corrected chi connectivity index (χ0v) is 16.1. The molecule has 124 valence electrons. The van der Waals surface area contributed by atoms with Crippen molar-refractivity contribution in [2.75, 3.05) is 0 Å². The molecule has 1 aliphatic rings. The van der Waals surface area contributed by atoms with Crippen LogP contribution in [-0.4, -0.2) is 5.78 Å². The summed E-state index contributed by atoms with van der Waals surface area (Å²) in [5.74, 6) is 0.354. The van der Waals surface area contributed by atoms with Crippen LogP contribution < -0.4 is 0 Å². The minimum Gasteiger partial charge on any atom is -0.447 e. The van der Waals surface area contributed by atoms with Gasteiger partial charge in [-0.05, 0) is 26.0 Å². The number of benzene rings is 2. The first-order valence-corrected chi connectivity index (χ1v) is 9.19. The van der Waals surface area contributed by atoms with Crippen molar-refractivity contribution in [2.45, 2.75) is 13.8 Å². The fourth-order valence-electron chi connectivity index (χ4n) is 2.37. The first-order chi connectivity index (χ1) is 12.0. The first kappa shape index (κ1) is 17.5. The highest BCUT2D eigenvalue weighted by Gasteiger charge is 2.27. The van der Waals surface area contributed by atoms with E-state index in [1.165, 1.54) is 11.8 Å². The Morgan fingerprint density at radius 3 is 2.32 bits per heavy atom. The number of carbonyl (C=O) groups excluding carboxylic acids is 1. The van der Waals surface area contributed by atoms with Crippen molar-refractivity contribution in [1.82, 2.24) is 0 Å². The molecule has 1 aliphatic heterocycles. The molecule has 0 aliphatic carbocycles. The monoisotopic (exact) mass is 411 g/mol. The molecule has 0 saturated heterocycles. The first-order valence-electron chi connectivity index (χ1n) is 7.58. The van der Waals surface area contributed by atoms with Gasteiger partial charge < -0.3 is 4.74 Å². The number of hydrogen-bond acceptors (Lipinski definition) is 4. The van der Waals surface area contributed by atoms with Gasteiger partial charge in [-0.1, -0.05) is 69.7 Å². The van der Waals surface area contributed by atoms with Gasteiger partial charge in [0.25, 0.3) is 0 Å². The SMILES string of the molecule is CC1=C(c2ccc(Br)cc2)O/C(=C(\C#N)C(=O)c2ccc(C)cc2)S1. The van der Waals surface area contributed by atoms with Gasteiger partial charge in [0.05, 0.1) is 0 Å². The summed E-state index contributed by atoms with van der Waals surface area (Å²) in [5.41, 5.74) is 2.47. The molecule has 0 amide bonds. The van der Waals surface area contributed by atoms with Gasteiger partial charge in [0, 0.05) is 20.5 Å². The standard InChI is InChI=1S/C20H14BrNO2S/c1-12-3-5-14(6-4-12)18(23)17(11-22)20-24-19(13(2)25-20)15-7-9-16(21)10-8-15/h3-10H,1-2H3/b20-17-. The smallest absolute Gasteiger partial charge is 0.207 e. The predicted molar refractivity (Wildman–Crippen MR) is 104 cm³/mol. The Bertz CT molecular complexity index is 935. The molecule has 0 radical (unpaired) electrons. The third-order valence-electron chi connectivity index (χ3n) is 3.72. The van der Waals surface area contributed by atoms with E-state index in [1.54, 1.807) is 12.1 Å². The summed E-state index contributed by atoms with van der Waals surface area (Å²) < 4.78 is 6.86. The molecule has 5 heteroatoms. The lowest BCUT2D eigenvalue weighted by Crippen LogP contribution is -2.04. The van der Waals surface area contributed by atoms with E-state index in [4.69, 9.17) is 4.74 Å². The van der Waals surface area contributed by atoms with E-state index in [1.807, 2.05) is 56.3 Å². The van der Waals surface area contributed by atoms with Gasteiger partial charge in [-0.15, -0.1) is 0 Å². The maximum absolute atomic E-state index is 12.7. The number of allylic oxidation sites excluding steroid dienone is 2. The average molecular weight is 412 g/mol. The molecule has 3 nitrogen and oxygen atoms in total. The van der Waals surface area contributed by atoms with E-state index in [0.717, 1.165) is 20.5 Å². The van der Waals surface area contributed by atoms with E-state index in [-0.39, 0.29) is 11.4 Å². The number of nitrogens with zero attached hydrogens (tertiary/aromatic N) is 1. The fourth-order valence-corrected chi connectivity index (χ4v) is 3.53. The maximum atomic E-state index is 12.7. The summed E-state index contributed by atoms with van der Waals surface area (Å²) >= 11 is 4.72. The second-order valence-corrected chi connectivity index (χ2v) is 7.67. The Morgan fingerprint density at radius 1 is 1.08 bits per heavy atom. The molecular weight excluding hydrogens is 398 g/mol. The van der Waals surface area contributed by atoms with Crippen LogP contribution in [0.4, 0.5) is 0 Å². The lowest BCUT2D eigenvalue weighted by atomic mass is 10.0. The molecule has 2 aromatic rings. The van der Waals surface area contributed by atoms with Gasteiger partial charge >= 0.3 is 0 Å². The molecular formula is C20H14BrNO2S. The number of halogens is 1. The predicted octanol–water partition coefficient (Wildman–Crippen LogP) is 5.83. The number of Topliss-reactive ketones (excluding diaryl/α,β-unsaturated/α-hetero) is 1. The van der Waals surface area contributed by atoms with E-state index < -0.39 is 0 Å². The molecule has 0 bridgehead atoms. The lowest BCUT2D eigenvalue weighted by Gasteiger charge is -2.07. The normalized spacial score (nSPS) is 15.6. The summed E-state index contributed by atoms with van der Waals surface area (Å²) in [4.78, 5) is 13.6. The molecule has 0 aromatic heterocycles. The molecule has 1 heterocycles. The lowest BCUT2D eigenvalue weighted by molar-refractivity contribution is 0.103. The van der Waals surface area contributed by atoms with Gasteiger partial charge in [0.15, 0.2) is 5.09 Å². The minimum atomic E-state index is -0.324. The molecule has 0 saturated carbocycles. The Morgan fingerprint density at radius 2 is 1.72 bits per heavy atom. The molecule has 0 N–H and O–H groups in total. The van der Waals surface area contributed by atoms with Crippen LogP contribution in [0, 0.1) is 18.3 Å². The van der Waals surface area contributed by atoms with Crippen LogP contribution in [0.3, 0.4) is 0 Å². The number of nitriles is 1. The van der Waals surface area contributed by atoms with Crippen LogP contribution in [0.5, 0.6) is 0 Å². The largest absolute Gasteiger partial charge is 0.447 e.